The van der Waals surface area contributed by atoms with E-state index in [0.29, 0.717) is 6.07 Å². The van der Waals surface area contributed by atoms with E-state index in [-0.39, 0.29) is 5.69 Å². The standard InChI is InChI=1S/C9H7F6N/c1-4-6(16)3-2-5(8(10,11)12)7(4)9(13,14)15/h2-3H,16H2,1H3. The van der Waals surface area contributed by atoms with E-state index >= 15 is 0 Å². The van der Waals surface area contributed by atoms with Gasteiger partial charge in [-0.3, -0.25) is 0 Å². The Bertz CT molecular complexity index is 404. The number of rotatable bonds is 0. The van der Waals surface area contributed by atoms with Gasteiger partial charge in [0.05, 0.1) is 11.1 Å². The molecule has 16 heavy (non-hydrogen) atoms. The molecule has 0 aromatic heterocycles. The lowest BCUT2D eigenvalue weighted by Crippen LogP contribution is -2.18. The summed E-state index contributed by atoms with van der Waals surface area (Å²) in [4.78, 5) is 0. The molecule has 0 aliphatic rings. The van der Waals surface area contributed by atoms with Gasteiger partial charge in [0.2, 0.25) is 0 Å². The Hall–Kier alpha value is -1.40. The fourth-order valence-corrected chi connectivity index (χ4v) is 1.33. The summed E-state index contributed by atoms with van der Waals surface area (Å²) in [5, 5.41) is 0. The smallest absolute Gasteiger partial charge is 0.399 e. The largest absolute Gasteiger partial charge is 0.417 e. The van der Waals surface area contributed by atoms with E-state index in [1.807, 2.05) is 0 Å². The van der Waals surface area contributed by atoms with Gasteiger partial charge in [-0.15, -0.1) is 0 Å². The molecule has 0 saturated heterocycles. The van der Waals surface area contributed by atoms with Crippen LogP contribution in [0.25, 0.3) is 0 Å². The lowest BCUT2D eigenvalue weighted by atomic mass is 9.99. The van der Waals surface area contributed by atoms with Crippen LogP contribution in [0.2, 0.25) is 0 Å². The second kappa shape index (κ2) is 3.57. The van der Waals surface area contributed by atoms with Gasteiger partial charge in [0.25, 0.3) is 0 Å². The summed E-state index contributed by atoms with van der Waals surface area (Å²) < 4.78 is 74.4. The van der Waals surface area contributed by atoms with Gasteiger partial charge in [0.15, 0.2) is 0 Å². The van der Waals surface area contributed by atoms with E-state index in [2.05, 4.69) is 0 Å². The van der Waals surface area contributed by atoms with Crippen LogP contribution in [0, 0.1) is 6.92 Å². The average molecular weight is 243 g/mol. The Labute approximate surface area is 86.9 Å². The minimum Gasteiger partial charge on any atom is -0.399 e. The number of alkyl halides is 6. The molecule has 0 amide bonds. The summed E-state index contributed by atoms with van der Waals surface area (Å²) in [5.41, 5.74) is 0.796. The van der Waals surface area contributed by atoms with E-state index in [4.69, 9.17) is 5.73 Å². The molecule has 0 fully saturated rings. The number of hydrogen-bond donors (Lipinski definition) is 1. The summed E-state index contributed by atoms with van der Waals surface area (Å²) in [5.74, 6) is 0. The van der Waals surface area contributed by atoms with Gasteiger partial charge in [-0.2, -0.15) is 26.3 Å². The maximum absolute atomic E-state index is 12.5. The lowest BCUT2D eigenvalue weighted by Gasteiger charge is -2.18. The number of hydrogen-bond acceptors (Lipinski definition) is 1. The molecule has 0 atom stereocenters. The predicted molar refractivity (Wildman–Crippen MR) is 45.6 cm³/mol. The molecule has 1 rings (SSSR count). The molecule has 90 valence electrons. The van der Waals surface area contributed by atoms with E-state index in [9.17, 15) is 26.3 Å². The third-order valence-electron chi connectivity index (χ3n) is 2.10. The molecule has 0 spiro atoms. The van der Waals surface area contributed by atoms with Crippen molar-refractivity contribution >= 4 is 5.69 Å². The lowest BCUT2D eigenvalue weighted by molar-refractivity contribution is -0.162. The third-order valence-corrected chi connectivity index (χ3v) is 2.10. The number of benzene rings is 1. The first-order valence-electron chi connectivity index (χ1n) is 4.08. The van der Waals surface area contributed by atoms with E-state index < -0.39 is 29.0 Å². The molecule has 0 radical (unpaired) electrons. The number of nitrogen functional groups attached to an aromatic ring is 1. The molecule has 7 heteroatoms. The van der Waals surface area contributed by atoms with Crippen molar-refractivity contribution in [1.82, 2.24) is 0 Å². The summed E-state index contributed by atoms with van der Waals surface area (Å²) in [6, 6.07) is 1.15. The Morgan fingerprint density at radius 2 is 1.44 bits per heavy atom. The van der Waals surface area contributed by atoms with Crippen molar-refractivity contribution < 1.29 is 26.3 Å². The maximum atomic E-state index is 12.5. The first-order chi connectivity index (χ1) is 7.05. The molecule has 0 aliphatic heterocycles. The van der Waals surface area contributed by atoms with Crippen LogP contribution in [-0.4, -0.2) is 0 Å². The van der Waals surface area contributed by atoms with Crippen LogP contribution >= 0.6 is 0 Å². The monoisotopic (exact) mass is 243 g/mol. The van der Waals surface area contributed by atoms with Gasteiger partial charge >= 0.3 is 12.4 Å². The van der Waals surface area contributed by atoms with Crippen LogP contribution in [0.3, 0.4) is 0 Å². The summed E-state index contributed by atoms with van der Waals surface area (Å²) in [6.07, 6.45) is -10.1. The predicted octanol–water partition coefficient (Wildman–Crippen LogP) is 3.61. The molecule has 2 N–H and O–H groups in total. The van der Waals surface area contributed by atoms with Crippen LogP contribution in [0.5, 0.6) is 0 Å². The topological polar surface area (TPSA) is 26.0 Å². The Kier molecular flexibility index (Phi) is 2.82. The Balaban J connectivity index is 3.59. The second-order valence-corrected chi connectivity index (χ2v) is 3.20. The highest BCUT2D eigenvalue weighted by molar-refractivity contribution is 5.55. The molecule has 0 bridgehead atoms. The fraction of sp³-hybridized carbons (Fsp3) is 0.333. The fourth-order valence-electron chi connectivity index (χ4n) is 1.33. The molecule has 0 saturated carbocycles. The molecule has 0 heterocycles. The SMILES string of the molecule is Cc1c(N)ccc(C(F)(F)F)c1C(F)(F)F. The zero-order valence-corrected chi connectivity index (χ0v) is 8.00. The quantitative estimate of drug-likeness (QED) is 0.546. The molecular formula is C9H7F6N. The molecular weight excluding hydrogens is 236 g/mol. The minimum atomic E-state index is -5.08. The van der Waals surface area contributed by atoms with Crippen molar-refractivity contribution in [3.63, 3.8) is 0 Å². The second-order valence-electron chi connectivity index (χ2n) is 3.20. The van der Waals surface area contributed by atoms with Crippen LogP contribution in [0.4, 0.5) is 32.0 Å². The zero-order valence-electron chi connectivity index (χ0n) is 8.00. The first-order valence-corrected chi connectivity index (χ1v) is 4.08. The van der Waals surface area contributed by atoms with Gasteiger partial charge < -0.3 is 5.73 Å². The van der Waals surface area contributed by atoms with Crippen molar-refractivity contribution in [3.05, 3.63) is 28.8 Å². The van der Waals surface area contributed by atoms with Crippen LogP contribution in [0.15, 0.2) is 12.1 Å². The van der Waals surface area contributed by atoms with Gasteiger partial charge in [0, 0.05) is 5.69 Å². The highest BCUT2D eigenvalue weighted by Crippen LogP contribution is 2.43. The Morgan fingerprint density at radius 1 is 0.938 bits per heavy atom. The summed E-state index contributed by atoms with van der Waals surface area (Å²) in [6.45, 7) is 0.910. The van der Waals surface area contributed by atoms with Crippen LogP contribution in [-0.2, 0) is 12.4 Å². The van der Waals surface area contributed by atoms with Crippen molar-refractivity contribution in [2.24, 2.45) is 0 Å². The molecule has 0 aliphatic carbocycles. The van der Waals surface area contributed by atoms with Crippen molar-refractivity contribution in [3.8, 4) is 0 Å². The highest BCUT2D eigenvalue weighted by atomic mass is 19.4. The minimum absolute atomic E-state index is 0.319. The van der Waals surface area contributed by atoms with E-state index in [1.165, 1.54) is 0 Å². The van der Waals surface area contributed by atoms with Crippen molar-refractivity contribution in [2.45, 2.75) is 19.3 Å². The van der Waals surface area contributed by atoms with E-state index in [1.54, 1.807) is 0 Å². The molecule has 0 unspecified atom stereocenters. The molecule has 1 aromatic rings. The molecule has 1 nitrogen and oxygen atoms in total. The first kappa shape index (κ1) is 12.7. The average Bonchev–Trinajstić information content (AvgIpc) is 2.05. The number of nitrogens with two attached hydrogens (primary N) is 1. The van der Waals surface area contributed by atoms with Gasteiger partial charge in [-0.1, -0.05) is 0 Å². The maximum Gasteiger partial charge on any atom is 0.417 e. The summed E-state index contributed by atoms with van der Waals surface area (Å²) in [7, 11) is 0. The zero-order chi connectivity index (χ0) is 12.7. The normalized spacial score (nSPS) is 12.9. The van der Waals surface area contributed by atoms with Crippen LogP contribution < -0.4 is 5.73 Å². The number of halogens is 6. The molecule has 1 aromatic carbocycles. The highest BCUT2D eigenvalue weighted by Gasteiger charge is 2.44. The third kappa shape index (κ3) is 2.23. The van der Waals surface area contributed by atoms with Gasteiger partial charge in [-0.05, 0) is 24.6 Å². The summed E-state index contributed by atoms with van der Waals surface area (Å²) >= 11 is 0. The van der Waals surface area contributed by atoms with Gasteiger partial charge in [0.1, 0.15) is 0 Å². The van der Waals surface area contributed by atoms with Gasteiger partial charge in [-0.25, -0.2) is 0 Å². The van der Waals surface area contributed by atoms with Crippen LogP contribution in [0.1, 0.15) is 16.7 Å². The van der Waals surface area contributed by atoms with Crippen molar-refractivity contribution in [1.29, 1.82) is 0 Å². The van der Waals surface area contributed by atoms with E-state index in [0.717, 1.165) is 13.0 Å². The van der Waals surface area contributed by atoms with Crippen molar-refractivity contribution in [2.75, 3.05) is 5.73 Å². The number of anilines is 1. The Morgan fingerprint density at radius 3 is 1.81 bits per heavy atom.